The number of hydrogen-bond acceptors (Lipinski definition) is 4. The Morgan fingerprint density at radius 3 is 2.70 bits per heavy atom. The predicted molar refractivity (Wildman–Crippen MR) is 89.5 cm³/mol. The van der Waals surface area contributed by atoms with Crippen LogP contribution in [0.15, 0.2) is 17.5 Å². The molecule has 3 rings (SSSR count). The zero-order chi connectivity index (χ0) is 16.2. The minimum Gasteiger partial charge on any atom is -0.368 e. The Morgan fingerprint density at radius 2 is 2.09 bits per heavy atom. The minimum atomic E-state index is -0.354. The fraction of sp³-hybridized carbons (Fsp3) is 0.647. The molecule has 0 spiro atoms. The van der Waals surface area contributed by atoms with Crippen LogP contribution in [0, 0.1) is 5.92 Å². The number of nitrogens with zero attached hydrogens (tertiary/aromatic N) is 1. The summed E-state index contributed by atoms with van der Waals surface area (Å²) >= 11 is 1.45. The monoisotopic (exact) mass is 336 g/mol. The van der Waals surface area contributed by atoms with Crippen molar-refractivity contribution >= 4 is 23.2 Å². The lowest BCUT2D eigenvalue weighted by Crippen LogP contribution is -2.49. The van der Waals surface area contributed by atoms with Crippen LogP contribution in [-0.4, -0.2) is 48.6 Å². The van der Waals surface area contributed by atoms with Crippen molar-refractivity contribution in [3.63, 3.8) is 0 Å². The zero-order valence-corrected chi connectivity index (χ0v) is 14.3. The molecule has 0 aromatic carbocycles. The number of hydrogen-bond donors (Lipinski definition) is 1. The molecule has 1 unspecified atom stereocenters. The quantitative estimate of drug-likeness (QED) is 0.867. The average Bonchev–Trinajstić information content (AvgIpc) is 3.23. The summed E-state index contributed by atoms with van der Waals surface area (Å²) in [6.45, 7) is 3.92. The molecular weight excluding hydrogens is 312 g/mol. The van der Waals surface area contributed by atoms with Gasteiger partial charge in [0.05, 0.1) is 11.5 Å². The highest BCUT2D eigenvalue weighted by molar-refractivity contribution is 7.12. The van der Waals surface area contributed by atoms with Gasteiger partial charge in [0.1, 0.15) is 6.10 Å². The van der Waals surface area contributed by atoms with Gasteiger partial charge in [-0.05, 0) is 50.0 Å². The second kappa shape index (κ2) is 7.45. The van der Waals surface area contributed by atoms with E-state index in [4.69, 9.17) is 4.74 Å². The van der Waals surface area contributed by atoms with E-state index in [0.717, 1.165) is 17.7 Å². The van der Waals surface area contributed by atoms with Gasteiger partial charge in [-0.25, -0.2) is 0 Å². The molecule has 1 aliphatic carbocycles. The molecule has 1 saturated carbocycles. The van der Waals surface area contributed by atoms with Crippen LogP contribution in [0.4, 0.5) is 0 Å². The molecule has 1 aromatic rings. The molecule has 2 amide bonds. The maximum atomic E-state index is 12.4. The molecule has 23 heavy (non-hydrogen) atoms. The lowest BCUT2D eigenvalue weighted by molar-refractivity contribution is -0.144. The smallest absolute Gasteiger partial charge is 0.261 e. The van der Waals surface area contributed by atoms with E-state index in [-0.39, 0.29) is 24.0 Å². The van der Waals surface area contributed by atoms with Crippen molar-refractivity contribution in [1.82, 2.24) is 10.2 Å². The number of likely N-dealkylation sites (tertiary alicyclic amines) is 1. The van der Waals surface area contributed by atoms with Crippen molar-refractivity contribution < 1.29 is 14.3 Å². The van der Waals surface area contributed by atoms with Gasteiger partial charge in [-0.2, -0.15) is 0 Å². The van der Waals surface area contributed by atoms with E-state index in [2.05, 4.69) is 5.32 Å². The fourth-order valence-electron chi connectivity index (χ4n) is 2.80. The van der Waals surface area contributed by atoms with E-state index in [1.54, 1.807) is 0 Å². The molecular formula is C17H24N2O3S. The van der Waals surface area contributed by atoms with Gasteiger partial charge in [-0.1, -0.05) is 6.07 Å². The molecule has 6 heteroatoms. The molecule has 0 radical (unpaired) electrons. The molecule has 1 aliphatic heterocycles. The Hall–Kier alpha value is -1.40. The Bertz CT molecular complexity index is 534. The SMILES string of the molecule is CC(OCC1CC1)C(=O)N1CCC(NC(=O)c2cccs2)CC1. The van der Waals surface area contributed by atoms with Gasteiger partial charge in [-0.3, -0.25) is 9.59 Å². The Kier molecular flexibility index (Phi) is 5.33. The van der Waals surface area contributed by atoms with Crippen LogP contribution in [0.5, 0.6) is 0 Å². The summed E-state index contributed by atoms with van der Waals surface area (Å²) in [5, 5.41) is 4.96. The number of carbonyl (C=O) groups excluding carboxylic acids is 2. The average molecular weight is 336 g/mol. The Labute approximate surface area is 141 Å². The third-order valence-corrected chi connectivity index (χ3v) is 5.38. The van der Waals surface area contributed by atoms with Crippen LogP contribution in [0.25, 0.3) is 0 Å². The summed E-state index contributed by atoms with van der Waals surface area (Å²) < 4.78 is 5.66. The van der Waals surface area contributed by atoms with E-state index < -0.39 is 0 Å². The molecule has 1 atom stereocenters. The maximum Gasteiger partial charge on any atom is 0.261 e. The first kappa shape index (κ1) is 16.5. The van der Waals surface area contributed by atoms with E-state index in [1.807, 2.05) is 29.3 Å². The van der Waals surface area contributed by atoms with Gasteiger partial charge in [0, 0.05) is 19.1 Å². The van der Waals surface area contributed by atoms with Crippen molar-refractivity contribution in [3.05, 3.63) is 22.4 Å². The highest BCUT2D eigenvalue weighted by Crippen LogP contribution is 2.29. The fourth-order valence-corrected chi connectivity index (χ4v) is 3.43. The van der Waals surface area contributed by atoms with Crippen LogP contribution in [0.2, 0.25) is 0 Å². The largest absolute Gasteiger partial charge is 0.368 e. The molecule has 1 aromatic heterocycles. The van der Waals surface area contributed by atoms with Gasteiger partial charge >= 0.3 is 0 Å². The van der Waals surface area contributed by atoms with Crippen molar-refractivity contribution in [1.29, 1.82) is 0 Å². The number of carbonyl (C=O) groups is 2. The van der Waals surface area contributed by atoms with E-state index in [1.165, 1.54) is 24.2 Å². The van der Waals surface area contributed by atoms with E-state index in [0.29, 0.717) is 25.6 Å². The zero-order valence-electron chi connectivity index (χ0n) is 13.5. The van der Waals surface area contributed by atoms with Gasteiger partial charge in [0.15, 0.2) is 0 Å². The molecule has 5 nitrogen and oxygen atoms in total. The van der Waals surface area contributed by atoms with Crippen LogP contribution >= 0.6 is 11.3 Å². The van der Waals surface area contributed by atoms with Crippen molar-refractivity contribution in [2.45, 2.75) is 44.8 Å². The third-order valence-electron chi connectivity index (χ3n) is 4.51. The van der Waals surface area contributed by atoms with Crippen LogP contribution < -0.4 is 5.32 Å². The third kappa shape index (κ3) is 4.54. The van der Waals surface area contributed by atoms with Gasteiger partial charge in [-0.15, -0.1) is 11.3 Å². The van der Waals surface area contributed by atoms with Crippen molar-refractivity contribution in [2.75, 3.05) is 19.7 Å². The highest BCUT2D eigenvalue weighted by Gasteiger charge is 2.29. The molecule has 126 valence electrons. The summed E-state index contributed by atoms with van der Waals surface area (Å²) in [6.07, 6.45) is 3.72. The summed E-state index contributed by atoms with van der Waals surface area (Å²) in [4.78, 5) is 27.0. The van der Waals surface area contributed by atoms with Crippen LogP contribution in [0.3, 0.4) is 0 Å². The highest BCUT2D eigenvalue weighted by atomic mass is 32.1. The normalized spacial score (nSPS) is 20.3. The number of thiophene rings is 1. The van der Waals surface area contributed by atoms with Gasteiger partial charge in [0.2, 0.25) is 0 Å². The number of ether oxygens (including phenoxy) is 1. The summed E-state index contributed by atoms with van der Waals surface area (Å²) in [5.41, 5.74) is 0. The van der Waals surface area contributed by atoms with E-state index >= 15 is 0 Å². The number of nitrogens with one attached hydrogen (secondary N) is 1. The second-order valence-corrected chi connectivity index (χ2v) is 7.42. The van der Waals surface area contributed by atoms with Crippen LogP contribution in [0.1, 0.15) is 42.3 Å². The molecule has 1 N–H and O–H groups in total. The predicted octanol–water partition coefficient (Wildman–Crippen LogP) is 2.28. The number of piperidine rings is 1. The van der Waals surface area contributed by atoms with Crippen molar-refractivity contribution in [2.24, 2.45) is 5.92 Å². The molecule has 2 fully saturated rings. The lowest BCUT2D eigenvalue weighted by Gasteiger charge is -2.33. The number of amides is 2. The molecule has 1 saturated heterocycles. The van der Waals surface area contributed by atoms with Gasteiger partial charge in [0.25, 0.3) is 11.8 Å². The summed E-state index contributed by atoms with van der Waals surface area (Å²) in [6, 6.07) is 3.86. The standard InChI is InChI=1S/C17H24N2O3S/c1-12(22-11-13-4-5-13)17(21)19-8-6-14(7-9-19)18-16(20)15-3-2-10-23-15/h2-3,10,12-14H,4-9,11H2,1H3,(H,18,20). The summed E-state index contributed by atoms with van der Waals surface area (Å²) in [5.74, 6) is 0.739. The van der Waals surface area contributed by atoms with E-state index in [9.17, 15) is 9.59 Å². The number of rotatable bonds is 6. The molecule has 0 bridgehead atoms. The first-order valence-electron chi connectivity index (χ1n) is 8.38. The maximum absolute atomic E-state index is 12.4. The minimum absolute atomic E-state index is 0.00842. The molecule has 2 aliphatic rings. The topological polar surface area (TPSA) is 58.6 Å². The Balaban J connectivity index is 1.40. The Morgan fingerprint density at radius 1 is 1.35 bits per heavy atom. The van der Waals surface area contributed by atoms with Gasteiger partial charge < -0.3 is 15.0 Å². The first-order chi connectivity index (χ1) is 11.1. The second-order valence-electron chi connectivity index (χ2n) is 6.47. The van der Waals surface area contributed by atoms with Crippen LogP contribution in [-0.2, 0) is 9.53 Å². The van der Waals surface area contributed by atoms with Crippen molar-refractivity contribution in [3.8, 4) is 0 Å². The molecule has 2 heterocycles. The first-order valence-corrected chi connectivity index (χ1v) is 9.26. The lowest BCUT2D eigenvalue weighted by atomic mass is 10.0. The summed E-state index contributed by atoms with van der Waals surface area (Å²) in [7, 11) is 0.